The van der Waals surface area contributed by atoms with E-state index in [1.807, 2.05) is 50.2 Å². The molecule has 0 atom stereocenters. The molecule has 0 saturated heterocycles. The van der Waals surface area contributed by atoms with E-state index in [1.54, 1.807) is 4.68 Å². The number of amides is 1. The molecule has 0 fully saturated rings. The van der Waals surface area contributed by atoms with Gasteiger partial charge in [-0.3, -0.25) is 4.79 Å². The zero-order chi connectivity index (χ0) is 15.7. The third kappa shape index (κ3) is 2.78. The molecule has 0 unspecified atom stereocenters. The topological polar surface area (TPSA) is 59.8 Å². The fourth-order valence-electron chi connectivity index (χ4n) is 2.26. The largest absolute Gasteiger partial charge is 0.316 e. The summed E-state index contributed by atoms with van der Waals surface area (Å²) in [6, 6.07) is 11.8. The fourth-order valence-corrected chi connectivity index (χ4v) is 3.30. The molecular formula is C16H16N4OS. The number of nitrogens with zero attached hydrogens (tertiary/aromatic N) is 3. The third-order valence-corrected chi connectivity index (χ3v) is 4.09. The van der Waals surface area contributed by atoms with E-state index in [-0.39, 0.29) is 5.91 Å². The molecule has 0 aliphatic heterocycles. The van der Waals surface area contributed by atoms with Gasteiger partial charge in [-0.2, -0.15) is 5.10 Å². The van der Waals surface area contributed by atoms with Crippen molar-refractivity contribution in [1.29, 1.82) is 0 Å². The molecule has 112 valence electrons. The first-order valence-corrected chi connectivity index (χ1v) is 7.73. The van der Waals surface area contributed by atoms with Gasteiger partial charge >= 0.3 is 0 Å². The van der Waals surface area contributed by atoms with E-state index in [1.165, 1.54) is 18.3 Å². The predicted molar refractivity (Wildman–Crippen MR) is 88.4 cm³/mol. The smallest absolute Gasteiger partial charge is 0.221 e. The maximum absolute atomic E-state index is 11.5. The molecule has 0 aliphatic rings. The first-order chi connectivity index (χ1) is 10.5. The van der Waals surface area contributed by atoms with Crippen LogP contribution in [-0.4, -0.2) is 20.7 Å². The van der Waals surface area contributed by atoms with Gasteiger partial charge in [0.25, 0.3) is 0 Å². The Morgan fingerprint density at radius 2 is 1.95 bits per heavy atom. The molecular weight excluding hydrogens is 296 g/mol. The average molecular weight is 312 g/mol. The van der Waals surface area contributed by atoms with E-state index in [9.17, 15) is 4.79 Å². The predicted octanol–water partition coefficient (Wildman–Crippen LogP) is 3.57. The van der Waals surface area contributed by atoms with Gasteiger partial charge < -0.3 is 5.32 Å². The number of thiazole rings is 1. The minimum absolute atomic E-state index is 0.110. The van der Waals surface area contributed by atoms with Crippen LogP contribution in [0.4, 0.5) is 5.00 Å². The van der Waals surface area contributed by atoms with Crippen LogP contribution < -0.4 is 5.32 Å². The summed E-state index contributed by atoms with van der Waals surface area (Å²) in [6.45, 7) is 5.43. The van der Waals surface area contributed by atoms with E-state index in [2.05, 4.69) is 15.4 Å². The molecule has 1 N–H and O–H groups in total. The van der Waals surface area contributed by atoms with Crippen LogP contribution >= 0.6 is 11.3 Å². The Labute approximate surface area is 132 Å². The van der Waals surface area contributed by atoms with Gasteiger partial charge in [0.15, 0.2) is 0 Å². The number of hydrogen-bond acceptors (Lipinski definition) is 4. The highest BCUT2D eigenvalue weighted by Crippen LogP contribution is 2.35. The normalized spacial score (nSPS) is 10.7. The van der Waals surface area contributed by atoms with Crippen molar-refractivity contribution in [3.8, 4) is 16.4 Å². The molecule has 2 aromatic heterocycles. The second-order valence-electron chi connectivity index (χ2n) is 5.06. The number of rotatable bonds is 3. The van der Waals surface area contributed by atoms with Gasteiger partial charge in [-0.15, -0.1) is 0 Å². The van der Waals surface area contributed by atoms with E-state index in [4.69, 9.17) is 0 Å². The Balaban J connectivity index is 2.12. The number of carbonyl (C=O) groups is 1. The number of carbonyl (C=O) groups excluding carboxylic acids is 1. The standard InChI is InChI=1S/C16H16N4OS/c1-10-9-11(2)20(19-10)16-18-14(13-7-5-4-6-8-13)15(22-16)17-12(3)21/h4-9H,1-3H3,(H,17,21). The molecule has 22 heavy (non-hydrogen) atoms. The first-order valence-electron chi connectivity index (χ1n) is 6.92. The number of anilines is 1. The van der Waals surface area contributed by atoms with Crippen LogP contribution in [0.3, 0.4) is 0 Å². The molecule has 0 spiro atoms. The molecule has 1 amide bonds. The Morgan fingerprint density at radius 1 is 1.23 bits per heavy atom. The summed E-state index contributed by atoms with van der Waals surface area (Å²) in [6.07, 6.45) is 0. The van der Waals surface area contributed by atoms with Crippen LogP contribution in [0.1, 0.15) is 18.3 Å². The van der Waals surface area contributed by atoms with Gasteiger partial charge in [-0.25, -0.2) is 9.67 Å². The van der Waals surface area contributed by atoms with E-state index in [0.29, 0.717) is 0 Å². The van der Waals surface area contributed by atoms with E-state index in [0.717, 1.165) is 32.8 Å². The van der Waals surface area contributed by atoms with Crippen molar-refractivity contribution in [1.82, 2.24) is 14.8 Å². The average Bonchev–Trinajstić information content (AvgIpc) is 3.02. The van der Waals surface area contributed by atoms with Crippen LogP contribution in [0, 0.1) is 13.8 Å². The Kier molecular flexibility index (Phi) is 3.77. The quantitative estimate of drug-likeness (QED) is 0.804. The summed E-state index contributed by atoms with van der Waals surface area (Å²) in [4.78, 5) is 16.1. The lowest BCUT2D eigenvalue weighted by Gasteiger charge is -2.01. The third-order valence-electron chi connectivity index (χ3n) is 3.14. The van der Waals surface area contributed by atoms with Crippen molar-refractivity contribution in [2.75, 3.05) is 5.32 Å². The first kappa shape index (κ1) is 14.5. The van der Waals surface area contributed by atoms with Gasteiger partial charge in [0.2, 0.25) is 11.0 Å². The lowest BCUT2D eigenvalue weighted by molar-refractivity contribution is -0.114. The number of nitrogens with one attached hydrogen (secondary N) is 1. The molecule has 1 aromatic carbocycles. The Bertz CT molecular complexity index is 820. The molecule has 2 heterocycles. The van der Waals surface area contributed by atoms with Crippen molar-refractivity contribution in [3.05, 3.63) is 47.8 Å². The van der Waals surface area contributed by atoms with Crippen LogP contribution in [-0.2, 0) is 4.79 Å². The van der Waals surface area contributed by atoms with Gasteiger partial charge in [0, 0.05) is 18.2 Å². The van der Waals surface area contributed by atoms with Crippen LogP contribution in [0.5, 0.6) is 0 Å². The summed E-state index contributed by atoms with van der Waals surface area (Å²) in [7, 11) is 0. The minimum Gasteiger partial charge on any atom is -0.316 e. The number of aromatic nitrogens is 3. The monoisotopic (exact) mass is 312 g/mol. The zero-order valence-corrected chi connectivity index (χ0v) is 13.4. The highest BCUT2D eigenvalue weighted by atomic mass is 32.1. The summed E-state index contributed by atoms with van der Waals surface area (Å²) in [5, 5.41) is 8.80. The maximum atomic E-state index is 11.5. The zero-order valence-electron chi connectivity index (χ0n) is 12.6. The van der Waals surface area contributed by atoms with Crippen molar-refractivity contribution in [2.24, 2.45) is 0 Å². The molecule has 0 radical (unpaired) electrons. The molecule has 0 saturated carbocycles. The van der Waals surface area contributed by atoms with Gasteiger partial charge in [0.1, 0.15) is 10.7 Å². The molecule has 0 aliphatic carbocycles. The number of aryl methyl sites for hydroxylation is 2. The number of benzene rings is 1. The van der Waals surface area contributed by atoms with Gasteiger partial charge in [-0.1, -0.05) is 41.7 Å². The molecule has 5 nitrogen and oxygen atoms in total. The van der Waals surface area contributed by atoms with Crippen molar-refractivity contribution < 1.29 is 4.79 Å². The van der Waals surface area contributed by atoms with Crippen LogP contribution in [0.25, 0.3) is 16.4 Å². The summed E-state index contributed by atoms with van der Waals surface area (Å²) >= 11 is 1.42. The summed E-state index contributed by atoms with van der Waals surface area (Å²) < 4.78 is 1.80. The lowest BCUT2D eigenvalue weighted by atomic mass is 10.2. The summed E-state index contributed by atoms with van der Waals surface area (Å²) in [5.74, 6) is -0.110. The second kappa shape index (κ2) is 5.73. The van der Waals surface area contributed by atoms with Gasteiger partial charge in [-0.05, 0) is 19.9 Å². The number of hydrogen-bond donors (Lipinski definition) is 1. The Morgan fingerprint density at radius 3 is 2.55 bits per heavy atom. The highest BCUT2D eigenvalue weighted by molar-refractivity contribution is 7.18. The minimum atomic E-state index is -0.110. The van der Waals surface area contributed by atoms with Crippen LogP contribution in [0.15, 0.2) is 36.4 Å². The van der Waals surface area contributed by atoms with Crippen molar-refractivity contribution >= 4 is 22.2 Å². The van der Waals surface area contributed by atoms with Crippen molar-refractivity contribution in [2.45, 2.75) is 20.8 Å². The Hall–Kier alpha value is -2.47. The van der Waals surface area contributed by atoms with E-state index < -0.39 is 0 Å². The second-order valence-corrected chi connectivity index (χ2v) is 6.04. The molecule has 6 heteroatoms. The highest BCUT2D eigenvalue weighted by Gasteiger charge is 2.17. The van der Waals surface area contributed by atoms with Crippen molar-refractivity contribution in [3.63, 3.8) is 0 Å². The van der Waals surface area contributed by atoms with E-state index >= 15 is 0 Å². The van der Waals surface area contributed by atoms with Crippen LogP contribution in [0.2, 0.25) is 0 Å². The fraction of sp³-hybridized carbons (Fsp3) is 0.188. The molecule has 3 rings (SSSR count). The van der Waals surface area contributed by atoms with Gasteiger partial charge in [0.05, 0.1) is 5.69 Å². The maximum Gasteiger partial charge on any atom is 0.221 e. The molecule has 3 aromatic rings. The SMILES string of the molecule is CC(=O)Nc1sc(-n2nc(C)cc2C)nc1-c1ccccc1. The lowest BCUT2D eigenvalue weighted by Crippen LogP contribution is -2.05. The molecule has 0 bridgehead atoms. The summed E-state index contributed by atoms with van der Waals surface area (Å²) in [5.41, 5.74) is 3.69.